The largest absolute Gasteiger partial charge is 0.508 e. The van der Waals surface area contributed by atoms with Crippen molar-refractivity contribution >= 4 is 5.91 Å². The van der Waals surface area contributed by atoms with E-state index in [1.165, 1.54) is 0 Å². The molecule has 2 aliphatic rings. The molecule has 0 aromatic heterocycles. The smallest absolute Gasteiger partial charge is 0.222 e. The number of carbonyl (C=O) groups is 1. The highest BCUT2D eigenvalue weighted by Gasteiger charge is 2.36. The number of hydrogen-bond acceptors (Lipinski definition) is 3. The summed E-state index contributed by atoms with van der Waals surface area (Å²) in [6.45, 7) is 4.87. The summed E-state index contributed by atoms with van der Waals surface area (Å²) in [5, 5.41) is 9.57. The van der Waals surface area contributed by atoms with Crippen molar-refractivity contribution in [3.05, 3.63) is 29.8 Å². The summed E-state index contributed by atoms with van der Waals surface area (Å²) in [5.41, 5.74) is 1.14. The molecule has 1 amide bonds. The van der Waals surface area contributed by atoms with Gasteiger partial charge in [-0.15, -0.1) is 0 Å². The van der Waals surface area contributed by atoms with E-state index in [0.29, 0.717) is 24.1 Å². The molecule has 0 saturated carbocycles. The fourth-order valence-electron chi connectivity index (χ4n) is 3.24. The quantitative estimate of drug-likeness (QED) is 0.881. The second-order valence-electron chi connectivity index (χ2n) is 5.55. The summed E-state index contributed by atoms with van der Waals surface area (Å²) in [7, 11) is 0. The van der Waals surface area contributed by atoms with E-state index in [1.54, 1.807) is 6.07 Å². The Kier molecular flexibility index (Phi) is 3.19. The van der Waals surface area contributed by atoms with Gasteiger partial charge in [-0.1, -0.05) is 12.1 Å². The van der Waals surface area contributed by atoms with Crippen molar-refractivity contribution < 1.29 is 9.90 Å². The molecule has 2 fully saturated rings. The van der Waals surface area contributed by atoms with Gasteiger partial charge in [-0.2, -0.15) is 0 Å². The monoisotopic (exact) mass is 260 g/mol. The number of nitrogens with zero attached hydrogens (tertiary/aromatic N) is 2. The van der Waals surface area contributed by atoms with Crippen LogP contribution in [0.1, 0.15) is 31.4 Å². The highest BCUT2D eigenvalue weighted by molar-refractivity contribution is 5.78. The van der Waals surface area contributed by atoms with Gasteiger partial charge >= 0.3 is 0 Å². The first kappa shape index (κ1) is 12.5. The van der Waals surface area contributed by atoms with E-state index in [2.05, 4.69) is 17.9 Å². The van der Waals surface area contributed by atoms with Gasteiger partial charge in [0, 0.05) is 38.1 Å². The van der Waals surface area contributed by atoms with E-state index in [9.17, 15) is 9.90 Å². The molecule has 1 aromatic rings. The van der Waals surface area contributed by atoms with Crippen LogP contribution >= 0.6 is 0 Å². The van der Waals surface area contributed by atoms with Crippen molar-refractivity contribution in [2.75, 3.05) is 19.6 Å². The predicted octanol–water partition coefficient (Wildman–Crippen LogP) is 1.76. The normalized spacial score (nSPS) is 25.4. The molecule has 4 nitrogen and oxygen atoms in total. The van der Waals surface area contributed by atoms with Gasteiger partial charge in [0.1, 0.15) is 5.75 Å². The second kappa shape index (κ2) is 4.85. The lowest BCUT2D eigenvalue weighted by molar-refractivity contribution is -0.131. The second-order valence-corrected chi connectivity index (χ2v) is 5.55. The molecular formula is C15H20N2O2. The topological polar surface area (TPSA) is 43.8 Å². The Hall–Kier alpha value is -1.55. The summed E-state index contributed by atoms with van der Waals surface area (Å²) < 4.78 is 0. The van der Waals surface area contributed by atoms with Gasteiger partial charge < -0.3 is 10.0 Å². The summed E-state index contributed by atoms with van der Waals surface area (Å²) >= 11 is 0. The molecule has 0 bridgehead atoms. The number of aromatic hydroxyl groups is 1. The lowest BCUT2D eigenvalue weighted by Gasteiger charge is -2.40. The van der Waals surface area contributed by atoms with E-state index in [1.807, 2.05) is 17.0 Å². The first-order valence-electron chi connectivity index (χ1n) is 6.97. The fraction of sp³-hybridized carbons (Fsp3) is 0.533. The van der Waals surface area contributed by atoms with Crippen LogP contribution in [0, 0.1) is 0 Å². The Morgan fingerprint density at radius 1 is 1.37 bits per heavy atom. The zero-order chi connectivity index (χ0) is 13.4. The molecule has 1 aromatic carbocycles. The molecular weight excluding hydrogens is 240 g/mol. The molecule has 2 heterocycles. The van der Waals surface area contributed by atoms with E-state index >= 15 is 0 Å². The van der Waals surface area contributed by atoms with Gasteiger partial charge in [-0.25, -0.2) is 0 Å². The number of benzene rings is 1. The van der Waals surface area contributed by atoms with Gasteiger partial charge in [0.05, 0.1) is 0 Å². The molecule has 0 aliphatic carbocycles. The van der Waals surface area contributed by atoms with E-state index < -0.39 is 0 Å². The van der Waals surface area contributed by atoms with E-state index in [0.717, 1.165) is 31.6 Å². The standard InChI is InChI=1S/C15H20N2O2/c1-11(12-3-2-4-14(18)9-12)16-7-8-17-13(10-16)5-6-15(17)19/h2-4,9,11,13,18H,5-8,10H2,1H3. The lowest BCUT2D eigenvalue weighted by atomic mass is 10.0. The van der Waals surface area contributed by atoms with Crippen LogP contribution in [-0.4, -0.2) is 46.5 Å². The molecule has 2 saturated heterocycles. The molecule has 2 unspecified atom stereocenters. The Morgan fingerprint density at radius 2 is 2.21 bits per heavy atom. The highest BCUT2D eigenvalue weighted by atomic mass is 16.3. The Bertz CT molecular complexity index is 489. The van der Waals surface area contributed by atoms with Gasteiger partial charge in [0.2, 0.25) is 5.91 Å². The minimum atomic E-state index is 0.282. The zero-order valence-electron chi connectivity index (χ0n) is 11.2. The third-order valence-electron chi connectivity index (χ3n) is 4.43. The van der Waals surface area contributed by atoms with Crippen LogP contribution in [0.2, 0.25) is 0 Å². The van der Waals surface area contributed by atoms with Crippen LogP contribution < -0.4 is 0 Å². The van der Waals surface area contributed by atoms with Crippen molar-refractivity contribution in [1.29, 1.82) is 0 Å². The molecule has 3 rings (SSSR count). The minimum Gasteiger partial charge on any atom is -0.508 e. The summed E-state index contributed by atoms with van der Waals surface area (Å²) in [4.78, 5) is 16.1. The maximum atomic E-state index is 11.7. The molecule has 19 heavy (non-hydrogen) atoms. The van der Waals surface area contributed by atoms with Crippen molar-refractivity contribution in [3.63, 3.8) is 0 Å². The fourth-order valence-corrected chi connectivity index (χ4v) is 3.24. The molecule has 2 aliphatic heterocycles. The van der Waals surface area contributed by atoms with Gasteiger partial charge in [-0.05, 0) is 31.0 Å². The average Bonchev–Trinajstić information content (AvgIpc) is 2.79. The SMILES string of the molecule is CC(c1cccc(O)c1)N1CCN2C(=O)CCC2C1. The van der Waals surface area contributed by atoms with Gasteiger partial charge in [-0.3, -0.25) is 9.69 Å². The van der Waals surface area contributed by atoms with Crippen LogP contribution in [0.3, 0.4) is 0 Å². The lowest BCUT2D eigenvalue weighted by Crippen LogP contribution is -2.51. The number of carbonyl (C=O) groups excluding carboxylic acids is 1. The molecule has 0 spiro atoms. The number of hydrogen-bond donors (Lipinski definition) is 1. The van der Waals surface area contributed by atoms with Crippen molar-refractivity contribution in [3.8, 4) is 5.75 Å². The van der Waals surface area contributed by atoms with E-state index in [-0.39, 0.29) is 6.04 Å². The summed E-state index contributed by atoms with van der Waals surface area (Å²) in [6, 6.07) is 8.14. The van der Waals surface area contributed by atoms with Crippen molar-refractivity contribution in [2.24, 2.45) is 0 Å². The average molecular weight is 260 g/mol. The number of phenols is 1. The number of amides is 1. The molecule has 1 N–H and O–H groups in total. The number of rotatable bonds is 2. The van der Waals surface area contributed by atoms with Crippen LogP contribution in [-0.2, 0) is 4.79 Å². The first-order valence-corrected chi connectivity index (χ1v) is 6.97. The third-order valence-corrected chi connectivity index (χ3v) is 4.43. The highest BCUT2D eigenvalue weighted by Crippen LogP contribution is 2.29. The Balaban J connectivity index is 1.72. The maximum absolute atomic E-state index is 11.7. The van der Waals surface area contributed by atoms with Crippen LogP contribution in [0.25, 0.3) is 0 Å². The number of phenolic OH excluding ortho intramolecular Hbond substituents is 1. The van der Waals surface area contributed by atoms with Gasteiger partial charge in [0.25, 0.3) is 0 Å². The number of fused-ring (bicyclic) bond motifs is 1. The minimum absolute atomic E-state index is 0.282. The zero-order valence-corrected chi connectivity index (χ0v) is 11.2. The molecule has 2 atom stereocenters. The van der Waals surface area contributed by atoms with Crippen LogP contribution in [0.15, 0.2) is 24.3 Å². The van der Waals surface area contributed by atoms with Gasteiger partial charge in [0.15, 0.2) is 0 Å². The molecule has 4 heteroatoms. The summed E-state index contributed by atoms with van der Waals surface area (Å²) in [6.07, 6.45) is 1.70. The molecule has 0 radical (unpaired) electrons. The summed E-state index contributed by atoms with van der Waals surface area (Å²) in [5.74, 6) is 0.633. The molecule has 102 valence electrons. The van der Waals surface area contributed by atoms with Crippen molar-refractivity contribution in [1.82, 2.24) is 9.80 Å². The Labute approximate surface area is 113 Å². The predicted molar refractivity (Wildman–Crippen MR) is 72.8 cm³/mol. The van der Waals surface area contributed by atoms with Crippen LogP contribution in [0.4, 0.5) is 0 Å². The number of piperazine rings is 1. The maximum Gasteiger partial charge on any atom is 0.222 e. The van der Waals surface area contributed by atoms with E-state index in [4.69, 9.17) is 0 Å². The third kappa shape index (κ3) is 2.32. The van der Waals surface area contributed by atoms with Crippen molar-refractivity contribution in [2.45, 2.75) is 31.8 Å². The first-order chi connectivity index (χ1) is 9.15. The van der Waals surface area contributed by atoms with Crippen LogP contribution in [0.5, 0.6) is 5.75 Å². The Morgan fingerprint density at radius 3 is 3.00 bits per heavy atom.